The van der Waals surface area contributed by atoms with Crippen molar-refractivity contribution in [1.82, 2.24) is 24.9 Å². The summed E-state index contributed by atoms with van der Waals surface area (Å²) in [6.07, 6.45) is 1.46. The normalized spacial score (nSPS) is 12.3. The zero-order chi connectivity index (χ0) is 18.0. The number of aromatic amines is 1. The van der Waals surface area contributed by atoms with E-state index >= 15 is 0 Å². The van der Waals surface area contributed by atoms with Gasteiger partial charge in [0.15, 0.2) is 21.5 Å². The van der Waals surface area contributed by atoms with Crippen LogP contribution < -0.4 is 14.9 Å². The molecular weight excluding hydrogens is 406 g/mol. The minimum Gasteiger partial charge on any atom is -0.373 e. The maximum atomic E-state index is 12.1. The van der Waals surface area contributed by atoms with Gasteiger partial charge in [-0.15, -0.1) is 4.72 Å². The molecule has 0 bridgehead atoms. The van der Waals surface area contributed by atoms with Crippen LogP contribution in [0.15, 0.2) is 34.0 Å². The molecule has 0 spiro atoms. The Balaban J connectivity index is 2.10. The van der Waals surface area contributed by atoms with Gasteiger partial charge < -0.3 is 10.2 Å². The number of nitrogens with zero attached hydrogens (tertiary/aromatic N) is 4. The number of fused-ring (bicyclic) bond motifs is 1. The fourth-order valence-corrected chi connectivity index (χ4v) is 3.59. The Kier molecular flexibility index (Phi) is 5.30. The van der Waals surface area contributed by atoms with Crippen LogP contribution >= 0.6 is 15.9 Å². The molecule has 3 rings (SSSR count). The van der Waals surface area contributed by atoms with Gasteiger partial charge in [-0.3, -0.25) is 5.10 Å². The van der Waals surface area contributed by atoms with Crippen LogP contribution in [-0.2, 0) is 15.2 Å². The van der Waals surface area contributed by atoms with E-state index in [1.54, 1.807) is 7.05 Å². The summed E-state index contributed by atoms with van der Waals surface area (Å²) < 4.78 is 15.6. The van der Waals surface area contributed by atoms with Crippen LogP contribution in [-0.4, -0.2) is 40.8 Å². The summed E-state index contributed by atoms with van der Waals surface area (Å²) in [6, 6.07) is 5.69. The first-order chi connectivity index (χ1) is 12.0. The van der Waals surface area contributed by atoms with Crippen molar-refractivity contribution < 1.29 is 4.21 Å². The second-order valence-corrected chi connectivity index (χ2v) is 7.66. The molecule has 0 aliphatic rings. The highest BCUT2D eigenvalue weighted by atomic mass is 79.9. The van der Waals surface area contributed by atoms with E-state index in [1.165, 1.54) is 6.33 Å². The van der Waals surface area contributed by atoms with Gasteiger partial charge in [-0.05, 0) is 35.0 Å². The molecule has 3 N–H and O–H groups in total. The molecule has 10 heteroatoms. The van der Waals surface area contributed by atoms with Gasteiger partial charge in [0.05, 0.1) is 16.8 Å². The third-order valence-electron chi connectivity index (χ3n) is 3.86. The summed E-state index contributed by atoms with van der Waals surface area (Å²) in [5.74, 6) is 0.619. The minimum absolute atomic E-state index is 0.562. The first-order valence-corrected chi connectivity index (χ1v) is 9.71. The molecule has 132 valence electrons. The zero-order valence-corrected chi connectivity index (χ0v) is 16.5. The van der Waals surface area contributed by atoms with Crippen LogP contribution in [0, 0.1) is 0 Å². The first kappa shape index (κ1) is 17.8. The number of nitrogens with one attached hydrogen (secondary N) is 3. The summed E-state index contributed by atoms with van der Waals surface area (Å²) in [5.41, 5.74) is 2.36. The molecule has 1 atom stereocenters. The van der Waals surface area contributed by atoms with Gasteiger partial charge >= 0.3 is 0 Å². The van der Waals surface area contributed by atoms with Crippen molar-refractivity contribution in [2.24, 2.45) is 0 Å². The molecule has 0 radical (unpaired) electrons. The van der Waals surface area contributed by atoms with Gasteiger partial charge in [-0.25, -0.2) is 9.97 Å². The lowest BCUT2D eigenvalue weighted by Crippen LogP contribution is -2.18. The highest BCUT2D eigenvalue weighted by Crippen LogP contribution is 2.33. The van der Waals surface area contributed by atoms with Gasteiger partial charge in [0.2, 0.25) is 0 Å². The third kappa shape index (κ3) is 3.51. The Bertz CT molecular complexity index is 929. The Hall–Kier alpha value is -2.04. The summed E-state index contributed by atoms with van der Waals surface area (Å²) in [6.45, 7) is 2.90. The van der Waals surface area contributed by atoms with Crippen molar-refractivity contribution >= 4 is 55.1 Å². The van der Waals surface area contributed by atoms with Crippen LogP contribution in [0.2, 0.25) is 0 Å². The number of benzene rings is 1. The van der Waals surface area contributed by atoms with E-state index in [0.29, 0.717) is 21.0 Å². The standard InChI is InChI=1S/C15H18BrN7OS/c1-4-23(3)11-6-5-9(25(24)17-2)7-10(11)20-14-12-13(16)21-22-15(12)19-8-18-14/h5-8H,4H2,1-3H3,(H,17,24)(H2,18,19,20,21,22)/p+1. The quantitative estimate of drug-likeness (QED) is 0.415. The maximum absolute atomic E-state index is 12.1. The summed E-state index contributed by atoms with van der Waals surface area (Å²) in [7, 11) is 2.03. The molecule has 0 amide bonds. The molecule has 8 nitrogen and oxygen atoms in total. The highest BCUT2D eigenvalue weighted by molar-refractivity contribution is 9.10. The predicted molar refractivity (Wildman–Crippen MR) is 105 cm³/mol. The molecule has 3 aromatic rings. The molecule has 0 saturated carbocycles. The first-order valence-electron chi connectivity index (χ1n) is 7.66. The summed E-state index contributed by atoms with van der Waals surface area (Å²) in [4.78, 5) is 11.3. The Morgan fingerprint density at radius 3 is 2.88 bits per heavy atom. The fourth-order valence-electron chi connectivity index (χ4n) is 2.43. The number of hydrogen-bond donors (Lipinski definition) is 3. The van der Waals surface area contributed by atoms with Gasteiger partial charge in [-0.1, -0.05) is 4.21 Å². The Morgan fingerprint density at radius 1 is 1.36 bits per heavy atom. The minimum atomic E-state index is -1.65. The lowest BCUT2D eigenvalue weighted by Gasteiger charge is -2.21. The zero-order valence-electron chi connectivity index (χ0n) is 14.0. The van der Waals surface area contributed by atoms with E-state index in [0.717, 1.165) is 23.3 Å². The average molecular weight is 425 g/mol. The van der Waals surface area contributed by atoms with Gasteiger partial charge in [0.25, 0.3) is 0 Å². The molecule has 25 heavy (non-hydrogen) atoms. The third-order valence-corrected chi connectivity index (χ3v) is 5.59. The second-order valence-electron chi connectivity index (χ2n) is 5.32. The molecule has 0 saturated heterocycles. The number of hydrogen-bond acceptors (Lipinski definition) is 6. The number of aromatic nitrogens is 4. The molecule has 0 aliphatic carbocycles. The van der Waals surface area contributed by atoms with Crippen LogP contribution in [0.1, 0.15) is 6.92 Å². The van der Waals surface area contributed by atoms with Crippen molar-refractivity contribution in [3.63, 3.8) is 0 Å². The molecule has 1 aromatic carbocycles. The predicted octanol–water partition coefficient (Wildman–Crippen LogP) is 2.50. The van der Waals surface area contributed by atoms with Gasteiger partial charge in [-0.2, -0.15) is 5.10 Å². The smallest absolute Gasteiger partial charge is 0.187 e. The topological polar surface area (TPSA) is 98.8 Å². The SMILES string of the molecule is CCN(C)c1ccc([SH+](=O)NC)cc1Nc1ncnc2n[nH]c(Br)c12. The van der Waals surface area contributed by atoms with E-state index in [1.807, 2.05) is 25.2 Å². The van der Waals surface area contributed by atoms with E-state index in [4.69, 9.17) is 0 Å². The second kappa shape index (κ2) is 7.46. The highest BCUT2D eigenvalue weighted by Gasteiger charge is 2.17. The lowest BCUT2D eigenvalue weighted by atomic mass is 10.2. The van der Waals surface area contributed by atoms with E-state index in [-0.39, 0.29) is 0 Å². The Morgan fingerprint density at radius 2 is 2.16 bits per heavy atom. The van der Waals surface area contributed by atoms with Crippen molar-refractivity contribution in [2.75, 3.05) is 30.9 Å². The number of thiol groups is 1. The van der Waals surface area contributed by atoms with Crippen molar-refractivity contribution in [3.8, 4) is 0 Å². The monoisotopic (exact) mass is 424 g/mol. The fraction of sp³-hybridized carbons (Fsp3) is 0.267. The molecular formula is C15H19BrN7OS+. The maximum Gasteiger partial charge on any atom is 0.187 e. The molecule has 0 fully saturated rings. The summed E-state index contributed by atoms with van der Waals surface area (Å²) >= 11 is 3.44. The molecule has 0 aliphatic heterocycles. The van der Waals surface area contributed by atoms with Crippen molar-refractivity contribution in [1.29, 1.82) is 0 Å². The van der Waals surface area contributed by atoms with E-state index in [2.05, 4.69) is 58.0 Å². The number of halogens is 1. The van der Waals surface area contributed by atoms with Crippen LogP contribution in [0.5, 0.6) is 0 Å². The summed E-state index contributed by atoms with van der Waals surface area (Å²) in [5, 5.41) is 11.1. The lowest BCUT2D eigenvalue weighted by molar-refractivity contribution is 0.591. The Labute approximate surface area is 156 Å². The van der Waals surface area contributed by atoms with Gasteiger partial charge in [0.1, 0.15) is 16.7 Å². The van der Waals surface area contributed by atoms with E-state index in [9.17, 15) is 4.21 Å². The van der Waals surface area contributed by atoms with Crippen LogP contribution in [0.25, 0.3) is 11.0 Å². The molecule has 1 unspecified atom stereocenters. The largest absolute Gasteiger partial charge is 0.373 e. The van der Waals surface area contributed by atoms with Gasteiger partial charge in [0, 0.05) is 26.7 Å². The van der Waals surface area contributed by atoms with E-state index < -0.39 is 11.0 Å². The average Bonchev–Trinajstić information content (AvgIpc) is 3.02. The van der Waals surface area contributed by atoms with Crippen LogP contribution in [0.4, 0.5) is 17.2 Å². The number of rotatable bonds is 6. The number of anilines is 3. The molecule has 2 heterocycles. The van der Waals surface area contributed by atoms with Crippen molar-refractivity contribution in [3.05, 3.63) is 29.1 Å². The number of H-pyrrole nitrogens is 1. The molecule has 2 aromatic heterocycles. The van der Waals surface area contributed by atoms with Crippen LogP contribution in [0.3, 0.4) is 0 Å². The van der Waals surface area contributed by atoms with Crippen molar-refractivity contribution in [2.45, 2.75) is 11.8 Å².